The van der Waals surface area contributed by atoms with Crippen LogP contribution in [-0.2, 0) is 60.7 Å². The Morgan fingerprint density at radius 2 is 0.606 bits per heavy atom. The van der Waals surface area contributed by atoms with Crippen molar-refractivity contribution in [2.24, 2.45) is 28.2 Å². The first kappa shape index (κ1) is 73.3. The fourth-order valence-corrected chi connectivity index (χ4v) is 13.9. The second kappa shape index (κ2) is 33.0. The molecule has 4 heteroatoms. The summed E-state index contributed by atoms with van der Waals surface area (Å²) in [7, 11) is 8.62. The van der Waals surface area contributed by atoms with Crippen LogP contribution in [0.4, 0.5) is 0 Å². The van der Waals surface area contributed by atoms with Crippen LogP contribution in [-0.4, -0.2) is 0 Å². The third kappa shape index (κ3) is 17.4. The number of benzene rings is 4. The molecule has 0 amide bonds. The van der Waals surface area contributed by atoms with Crippen LogP contribution in [0.3, 0.4) is 0 Å². The van der Waals surface area contributed by atoms with E-state index in [9.17, 15) is 0 Å². The van der Waals surface area contributed by atoms with Crippen LogP contribution in [0.5, 0.6) is 0 Å². The lowest BCUT2D eigenvalue weighted by atomic mass is 9.68. The summed E-state index contributed by atoms with van der Waals surface area (Å²) >= 11 is 0. The summed E-state index contributed by atoms with van der Waals surface area (Å²) in [5, 5.41) is 0. The van der Waals surface area contributed by atoms with Gasteiger partial charge in [-0.1, -0.05) is 196 Å². The van der Waals surface area contributed by atoms with Gasteiger partial charge in [0, 0.05) is 72.9 Å². The topological polar surface area (TPSA) is 15.5 Å². The average Bonchev–Trinajstić information content (AvgIpc) is 0.763. The molecule has 0 fully saturated rings. The van der Waals surface area contributed by atoms with E-state index in [1.165, 1.54) is 128 Å². The maximum atomic E-state index is 7.72. The largest absolute Gasteiger partial charge is 0.212 e. The van der Waals surface area contributed by atoms with Gasteiger partial charge in [-0.2, -0.15) is 0 Å². The van der Waals surface area contributed by atoms with E-state index >= 15 is 0 Å². The van der Waals surface area contributed by atoms with Crippen molar-refractivity contribution in [3.63, 3.8) is 0 Å². The minimum absolute atomic E-state index is 0.108. The van der Waals surface area contributed by atoms with E-state index in [-0.39, 0.29) is 32.5 Å². The summed E-state index contributed by atoms with van der Waals surface area (Å²) in [6.45, 7) is 52.9. The molecular weight excluding hydrogens is 1140 g/mol. The van der Waals surface area contributed by atoms with Gasteiger partial charge in [-0.15, -0.1) is 0 Å². The third-order valence-electron chi connectivity index (χ3n) is 23.9. The quantitative estimate of drug-likeness (QED) is 0.0637. The van der Waals surface area contributed by atoms with Gasteiger partial charge in [0.15, 0.2) is 24.8 Å². The highest BCUT2D eigenvalue weighted by atomic mass is 14.9. The molecule has 0 spiro atoms. The van der Waals surface area contributed by atoms with Crippen LogP contribution in [0, 0.1) is 48.4 Å². The highest BCUT2D eigenvalue weighted by Gasteiger charge is 2.38. The predicted octanol–water partition coefficient (Wildman–Crippen LogP) is 22.9. The second-order valence-electron chi connectivity index (χ2n) is 30.0. The van der Waals surface area contributed by atoms with E-state index in [0.29, 0.717) is 5.56 Å². The SMILES string of the molecule is CCC(C)(C)c1ccc(-c2ccccc2C)[n+](C)c1.CCC(C)(CC)c1c[n+](C)c(-c2ccc(C)cc2C)cc1C.CCC(C)(CC)c1cc(-c2ccccc2C)[n+](C)cc1C(C)(CC)CC.[2H]C([2H])([2H])c1ccc(-c2cc(C(C)(CC)CC)c(C(C)(CC)CC)c[n+]2C)c(C)c1. The molecule has 0 aliphatic rings. The minimum atomic E-state index is -2.08. The van der Waals surface area contributed by atoms with E-state index in [1.807, 2.05) is 19.1 Å². The average molecular weight is 1270 g/mol. The maximum Gasteiger partial charge on any atom is 0.212 e. The zero-order chi connectivity index (χ0) is 73.0. The highest BCUT2D eigenvalue weighted by molar-refractivity contribution is 5.66. The van der Waals surface area contributed by atoms with Crippen molar-refractivity contribution >= 4 is 0 Å². The lowest BCUT2D eigenvalue weighted by molar-refractivity contribution is -0.661. The van der Waals surface area contributed by atoms with Crippen molar-refractivity contribution in [2.45, 2.75) is 276 Å². The summed E-state index contributed by atoms with van der Waals surface area (Å²) < 4.78 is 32.3. The molecule has 0 radical (unpaired) electrons. The maximum absolute atomic E-state index is 7.72. The van der Waals surface area contributed by atoms with Crippen LogP contribution in [0.1, 0.15) is 272 Å². The Morgan fingerprint density at radius 1 is 0.287 bits per heavy atom. The Morgan fingerprint density at radius 3 is 0.968 bits per heavy atom. The van der Waals surface area contributed by atoms with Gasteiger partial charge in [-0.25, -0.2) is 18.3 Å². The molecule has 4 aromatic heterocycles. The fraction of sp³-hybridized carbons (Fsp3) is 0.511. The second-order valence-corrected chi connectivity index (χ2v) is 30.0. The third-order valence-corrected chi connectivity index (χ3v) is 23.9. The number of pyridine rings is 4. The standard InChI is InChI=1S/C26H40N.C25H38N.C21H30N.C18H24N/c1-10-25(7,11-2)22-17-24(21-15-14-19(5)16-20(21)6)27(9)18-23(22)26(8,12-3)13-4;1-9-24(6,10-2)21-17-23(20-16-14-13-15-19(20)5)26(8)18-22(21)25(7,11-3)12-4;1-8-21(6,9-2)19-14-22(7)20(13-17(19)5)18-11-10-15(3)12-16(18)4;1-6-18(3,4)15-11-12-17(19(5)13-15)16-10-8-7-9-14(16)2/h14-18H,10-13H2,1-9H3;13-18H,9-12H2,1-8H3;10-14H,8-9H2,1-7H3;7-13H,6H2,1-5H3/q4*+1/i5D3;;;. The Kier molecular flexibility index (Phi) is 25.7. The van der Waals surface area contributed by atoms with Crippen LogP contribution in [0.15, 0.2) is 140 Å². The Labute approximate surface area is 581 Å². The fourth-order valence-electron chi connectivity index (χ4n) is 13.9. The van der Waals surface area contributed by atoms with E-state index in [0.717, 1.165) is 48.9 Å². The van der Waals surface area contributed by atoms with Crippen LogP contribution < -0.4 is 18.3 Å². The van der Waals surface area contributed by atoms with Gasteiger partial charge in [0.05, 0.1) is 0 Å². The van der Waals surface area contributed by atoms with Gasteiger partial charge >= 0.3 is 0 Å². The summed E-state index contributed by atoms with van der Waals surface area (Å²) in [4.78, 5) is 0. The first-order chi connectivity index (χ1) is 45.4. The van der Waals surface area contributed by atoms with Crippen molar-refractivity contribution in [3.8, 4) is 45.0 Å². The molecule has 4 aromatic carbocycles. The molecule has 0 bridgehead atoms. The lowest BCUT2D eigenvalue weighted by Gasteiger charge is -2.36. The van der Waals surface area contributed by atoms with Gasteiger partial charge in [-0.3, -0.25) is 0 Å². The van der Waals surface area contributed by atoms with Crippen molar-refractivity contribution < 1.29 is 22.4 Å². The van der Waals surface area contributed by atoms with Crippen molar-refractivity contribution in [1.29, 1.82) is 0 Å². The Bertz CT molecular complexity index is 3910. The molecule has 4 nitrogen and oxygen atoms in total. The lowest BCUT2D eigenvalue weighted by Crippen LogP contribution is -2.38. The molecule has 0 unspecified atom stereocenters. The molecular formula is C90H132N4+4. The predicted molar refractivity (Wildman–Crippen MR) is 408 cm³/mol. The van der Waals surface area contributed by atoms with Crippen LogP contribution >= 0.6 is 0 Å². The molecule has 0 aliphatic carbocycles. The van der Waals surface area contributed by atoms with Gasteiger partial charge in [0.2, 0.25) is 22.8 Å². The molecule has 4 heterocycles. The van der Waals surface area contributed by atoms with Gasteiger partial charge in [0.1, 0.15) is 28.2 Å². The number of aryl methyl sites for hydroxylation is 11. The van der Waals surface area contributed by atoms with E-state index in [2.05, 4.69) is 328 Å². The smallest absolute Gasteiger partial charge is 0.201 e. The number of aromatic nitrogens is 4. The van der Waals surface area contributed by atoms with Gasteiger partial charge in [0.25, 0.3) is 0 Å². The first-order valence-corrected chi connectivity index (χ1v) is 36.3. The van der Waals surface area contributed by atoms with Crippen molar-refractivity contribution in [2.75, 3.05) is 0 Å². The van der Waals surface area contributed by atoms with Gasteiger partial charge < -0.3 is 0 Å². The van der Waals surface area contributed by atoms with Gasteiger partial charge in [-0.05, 0) is 221 Å². The zero-order valence-corrected chi connectivity index (χ0v) is 64.8. The highest BCUT2D eigenvalue weighted by Crippen LogP contribution is 2.45. The monoisotopic (exact) mass is 1270 g/mol. The molecule has 0 saturated heterocycles. The number of hydrogen-bond acceptors (Lipinski definition) is 0. The van der Waals surface area contributed by atoms with Crippen molar-refractivity contribution in [3.05, 3.63) is 212 Å². The van der Waals surface area contributed by atoms with E-state index in [4.69, 9.17) is 4.11 Å². The number of nitrogens with zero attached hydrogens (tertiary/aromatic N) is 4. The van der Waals surface area contributed by atoms with E-state index in [1.54, 1.807) is 11.6 Å². The molecule has 0 atom stereocenters. The number of rotatable bonds is 21. The zero-order valence-electron chi connectivity index (χ0n) is 67.8. The molecule has 508 valence electrons. The normalized spacial score (nSPS) is 12.7. The Balaban J connectivity index is 0.000000237. The molecule has 0 aliphatic heterocycles. The summed E-state index contributed by atoms with van der Waals surface area (Å²) in [6, 6.07) is 41.3. The molecule has 8 rings (SSSR count). The molecule has 94 heavy (non-hydrogen) atoms. The molecule has 0 N–H and O–H groups in total. The van der Waals surface area contributed by atoms with Crippen molar-refractivity contribution in [1.82, 2.24) is 0 Å². The van der Waals surface area contributed by atoms with Crippen LogP contribution in [0.2, 0.25) is 0 Å². The Hall–Kier alpha value is -6.52. The summed E-state index contributed by atoms with van der Waals surface area (Å²) in [6.07, 6.45) is 21.9. The van der Waals surface area contributed by atoms with Crippen LogP contribution in [0.25, 0.3) is 45.0 Å². The van der Waals surface area contributed by atoms with E-state index < -0.39 is 6.85 Å². The molecule has 0 saturated carbocycles. The first-order valence-electron chi connectivity index (χ1n) is 37.8. The molecule has 8 aromatic rings. The minimum Gasteiger partial charge on any atom is -0.201 e. The summed E-state index contributed by atoms with van der Waals surface area (Å²) in [5.41, 5.74) is 28.3. The number of hydrogen-bond donors (Lipinski definition) is 0. The summed E-state index contributed by atoms with van der Waals surface area (Å²) in [5.74, 6) is 0.